The normalized spacial score (nSPS) is 36.7. The maximum absolute atomic E-state index is 5.64. The van der Waals surface area contributed by atoms with Crippen molar-refractivity contribution in [1.82, 2.24) is 4.90 Å². The Hall–Kier alpha value is -0.500. The predicted octanol–water partition coefficient (Wildman–Crippen LogP) is 1.63. The first-order valence-corrected chi connectivity index (χ1v) is 4.82. The minimum Gasteiger partial charge on any atom is -0.495 e. The van der Waals surface area contributed by atoms with Crippen LogP contribution in [0, 0.1) is 5.92 Å². The van der Waals surface area contributed by atoms with Gasteiger partial charge in [0.1, 0.15) is 12.4 Å². The zero-order valence-corrected chi connectivity index (χ0v) is 7.92. The van der Waals surface area contributed by atoms with Crippen LogP contribution in [0.4, 0.5) is 0 Å². The summed E-state index contributed by atoms with van der Waals surface area (Å²) >= 11 is 0. The van der Waals surface area contributed by atoms with Crippen LogP contribution in [0.5, 0.6) is 0 Å². The summed E-state index contributed by atoms with van der Waals surface area (Å²) < 4.78 is 5.64. The number of likely N-dealkylation sites (N-methyl/N-ethyl adjacent to an activating group) is 1. The third-order valence-corrected chi connectivity index (χ3v) is 2.92. The summed E-state index contributed by atoms with van der Waals surface area (Å²) in [5, 5.41) is 0. The van der Waals surface area contributed by atoms with Crippen molar-refractivity contribution >= 4 is 0 Å². The number of morpholine rings is 1. The number of fused-ring (bicyclic) bond motifs is 1. The SMILES string of the molecule is CC1C=C2OCCN(C)C2CC1. The number of hydrogen-bond donors (Lipinski definition) is 0. The Morgan fingerprint density at radius 1 is 1.50 bits per heavy atom. The Balaban J connectivity index is 2.15. The third-order valence-electron chi connectivity index (χ3n) is 2.92. The summed E-state index contributed by atoms with van der Waals surface area (Å²) in [6.07, 6.45) is 4.87. The molecule has 1 aliphatic heterocycles. The van der Waals surface area contributed by atoms with E-state index in [2.05, 4.69) is 24.9 Å². The summed E-state index contributed by atoms with van der Waals surface area (Å²) in [6.45, 7) is 4.21. The van der Waals surface area contributed by atoms with Crippen molar-refractivity contribution in [2.75, 3.05) is 20.2 Å². The van der Waals surface area contributed by atoms with Gasteiger partial charge in [0.15, 0.2) is 0 Å². The van der Waals surface area contributed by atoms with E-state index in [0.717, 1.165) is 13.2 Å². The molecule has 1 heterocycles. The molecule has 1 aliphatic carbocycles. The fourth-order valence-corrected chi connectivity index (χ4v) is 2.08. The second-order valence-electron chi connectivity index (χ2n) is 3.97. The maximum atomic E-state index is 5.64. The van der Waals surface area contributed by atoms with Crippen molar-refractivity contribution < 1.29 is 4.74 Å². The third kappa shape index (κ3) is 1.36. The number of rotatable bonds is 0. The molecular weight excluding hydrogens is 150 g/mol. The first-order chi connectivity index (χ1) is 5.77. The van der Waals surface area contributed by atoms with Gasteiger partial charge in [0, 0.05) is 6.54 Å². The van der Waals surface area contributed by atoms with E-state index in [0.29, 0.717) is 12.0 Å². The van der Waals surface area contributed by atoms with E-state index in [1.807, 2.05) is 0 Å². The molecule has 0 spiro atoms. The largest absolute Gasteiger partial charge is 0.495 e. The van der Waals surface area contributed by atoms with Crippen LogP contribution in [0.2, 0.25) is 0 Å². The molecule has 2 aliphatic rings. The first kappa shape index (κ1) is 8.11. The van der Waals surface area contributed by atoms with Gasteiger partial charge in [0.05, 0.1) is 6.04 Å². The molecular formula is C10H17NO. The molecule has 0 N–H and O–H groups in total. The molecule has 0 aromatic rings. The predicted molar refractivity (Wildman–Crippen MR) is 48.9 cm³/mol. The van der Waals surface area contributed by atoms with Crippen molar-refractivity contribution in [2.24, 2.45) is 5.92 Å². The Morgan fingerprint density at radius 2 is 2.33 bits per heavy atom. The van der Waals surface area contributed by atoms with Gasteiger partial charge in [-0.2, -0.15) is 0 Å². The average Bonchev–Trinajstić information content (AvgIpc) is 2.04. The zero-order chi connectivity index (χ0) is 8.55. The minimum absolute atomic E-state index is 0.579. The van der Waals surface area contributed by atoms with Crippen LogP contribution in [0.25, 0.3) is 0 Å². The van der Waals surface area contributed by atoms with Crippen molar-refractivity contribution in [3.8, 4) is 0 Å². The molecule has 1 saturated heterocycles. The summed E-state index contributed by atoms with van der Waals surface area (Å²) in [5.41, 5.74) is 0. The van der Waals surface area contributed by atoms with Crippen molar-refractivity contribution in [3.05, 3.63) is 11.8 Å². The Bertz CT molecular complexity index is 200. The lowest BCUT2D eigenvalue weighted by Crippen LogP contribution is -2.42. The van der Waals surface area contributed by atoms with Crippen LogP contribution >= 0.6 is 0 Å². The van der Waals surface area contributed by atoms with E-state index in [1.54, 1.807) is 0 Å². The van der Waals surface area contributed by atoms with E-state index in [4.69, 9.17) is 4.74 Å². The summed E-state index contributed by atoms with van der Waals surface area (Å²) in [5.74, 6) is 1.94. The molecule has 2 nitrogen and oxygen atoms in total. The molecule has 2 rings (SSSR count). The highest BCUT2D eigenvalue weighted by molar-refractivity contribution is 5.11. The Morgan fingerprint density at radius 3 is 3.17 bits per heavy atom. The van der Waals surface area contributed by atoms with Gasteiger partial charge in [-0.1, -0.05) is 6.92 Å². The molecule has 2 unspecified atom stereocenters. The van der Waals surface area contributed by atoms with Crippen LogP contribution < -0.4 is 0 Å². The smallest absolute Gasteiger partial charge is 0.109 e. The highest BCUT2D eigenvalue weighted by Gasteiger charge is 2.28. The molecule has 12 heavy (non-hydrogen) atoms. The molecule has 0 radical (unpaired) electrons. The molecule has 0 bridgehead atoms. The Kier molecular flexibility index (Phi) is 2.09. The molecule has 2 heteroatoms. The van der Waals surface area contributed by atoms with E-state index < -0.39 is 0 Å². The van der Waals surface area contributed by atoms with E-state index >= 15 is 0 Å². The van der Waals surface area contributed by atoms with E-state index in [1.165, 1.54) is 18.6 Å². The minimum atomic E-state index is 0.579. The average molecular weight is 167 g/mol. The van der Waals surface area contributed by atoms with Gasteiger partial charge < -0.3 is 4.74 Å². The van der Waals surface area contributed by atoms with Gasteiger partial charge in [-0.25, -0.2) is 0 Å². The lowest BCUT2D eigenvalue weighted by Gasteiger charge is -2.38. The number of nitrogens with zero attached hydrogens (tertiary/aromatic N) is 1. The van der Waals surface area contributed by atoms with Crippen LogP contribution in [0.1, 0.15) is 19.8 Å². The Labute approximate surface area is 74.2 Å². The van der Waals surface area contributed by atoms with Crippen LogP contribution in [0.3, 0.4) is 0 Å². The molecule has 0 aromatic heterocycles. The molecule has 2 atom stereocenters. The van der Waals surface area contributed by atoms with Crippen LogP contribution in [-0.2, 0) is 4.74 Å². The number of ether oxygens (including phenoxy) is 1. The summed E-state index contributed by atoms with van der Waals surface area (Å²) in [6, 6.07) is 0.579. The molecule has 68 valence electrons. The molecule has 0 aromatic carbocycles. The fourth-order valence-electron chi connectivity index (χ4n) is 2.08. The van der Waals surface area contributed by atoms with Crippen LogP contribution in [-0.4, -0.2) is 31.1 Å². The quantitative estimate of drug-likeness (QED) is 0.543. The molecule has 1 fully saturated rings. The second kappa shape index (κ2) is 3.09. The second-order valence-corrected chi connectivity index (χ2v) is 3.97. The van der Waals surface area contributed by atoms with Crippen molar-refractivity contribution in [1.29, 1.82) is 0 Å². The van der Waals surface area contributed by atoms with Crippen molar-refractivity contribution in [3.63, 3.8) is 0 Å². The van der Waals surface area contributed by atoms with Gasteiger partial charge in [0.2, 0.25) is 0 Å². The topological polar surface area (TPSA) is 12.5 Å². The van der Waals surface area contributed by atoms with Gasteiger partial charge in [-0.05, 0) is 31.9 Å². The van der Waals surface area contributed by atoms with Gasteiger partial charge >= 0.3 is 0 Å². The molecule has 0 amide bonds. The fraction of sp³-hybridized carbons (Fsp3) is 0.800. The lowest BCUT2D eigenvalue weighted by atomic mass is 9.91. The standard InChI is InChI=1S/C10H17NO/c1-8-3-4-9-10(7-8)12-6-5-11(9)2/h7-9H,3-6H2,1-2H3. The summed E-state index contributed by atoms with van der Waals surface area (Å²) in [4.78, 5) is 2.40. The maximum Gasteiger partial charge on any atom is 0.109 e. The van der Waals surface area contributed by atoms with Crippen molar-refractivity contribution in [2.45, 2.75) is 25.8 Å². The molecule has 0 saturated carbocycles. The van der Waals surface area contributed by atoms with E-state index in [-0.39, 0.29) is 0 Å². The summed E-state index contributed by atoms with van der Waals surface area (Å²) in [7, 11) is 2.19. The zero-order valence-electron chi connectivity index (χ0n) is 7.92. The first-order valence-electron chi connectivity index (χ1n) is 4.82. The highest BCUT2D eigenvalue weighted by Crippen LogP contribution is 2.28. The van der Waals surface area contributed by atoms with Crippen LogP contribution in [0.15, 0.2) is 11.8 Å². The highest BCUT2D eigenvalue weighted by atomic mass is 16.5. The number of hydrogen-bond acceptors (Lipinski definition) is 2. The van der Waals surface area contributed by atoms with Gasteiger partial charge in [-0.3, -0.25) is 4.90 Å². The van der Waals surface area contributed by atoms with E-state index in [9.17, 15) is 0 Å². The number of allylic oxidation sites excluding steroid dienone is 1. The monoisotopic (exact) mass is 167 g/mol. The van der Waals surface area contributed by atoms with Gasteiger partial charge in [-0.15, -0.1) is 0 Å². The van der Waals surface area contributed by atoms with Gasteiger partial charge in [0.25, 0.3) is 0 Å². The lowest BCUT2D eigenvalue weighted by molar-refractivity contribution is 0.0520.